The number of rotatable bonds is 6. The molecule has 0 spiro atoms. The van der Waals surface area contributed by atoms with E-state index < -0.39 is 0 Å². The van der Waals surface area contributed by atoms with E-state index in [9.17, 15) is 9.18 Å². The van der Waals surface area contributed by atoms with Crippen molar-refractivity contribution in [1.29, 1.82) is 0 Å². The Kier molecular flexibility index (Phi) is 5.58. The third-order valence-electron chi connectivity index (χ3n) is 5.09. The van der Waals surface area contributed by atoms with Crippen LogP contribution in [0.2, 0.25) is 0 Å². The van der Waals surface area contributed by atoms with Crippen LogP contribution >= 0.6 is 0 Å². The van der Waals surface area contributed by atoms with Crippen molar-refractivity contribution < 1.29 is 13.9 Å². The van der Waals surface area contributed by atoms with Crippen LogP contribution in [-0.2, 0) is 4.79 Å². The van der Waals surface area contributed by atoms with Gasteiger partial charge in [-0.1, -0.05) is 30.3 Å². The first-order valence-electron chi connectivity index (χ1n) is 9.91. The van der Waals surface area contributed by atoms with Crippen LogP contribution in [0.5, 0.6) is 5.75 Å². The third kappa shape index (κ3) is 4.07. The molecule has 158 valence electrons. The number of likely N-dealkylation sites (N-methyl/N-ethyl adjacent to an activating group) is 1. The third-order valence-corrected chi connectivity index (χ3v) is 5.09. The van der Waals surface area contributed by atoms with Gasteiger partial charge in [0.2, 0.25) is 0 Å². The first-order valence-corrected chi connectivity index (χ1v) is 9.91. The number of para-hydroxylation sites is 2. The van der Waals surface area contributed by atoms with E-state index in [-0.39, 0.29) is 18.3 Å². The highest BCUT2D eigenvalue weighted by molar-refractivity contribution is 5.84. The SMILES string of the molecule is CNC(=O)COc1ccccc1-c1nc2ccc(F)cn2c1Nc1c(C)cccc1C. The predicted octanol–water partition coefficient (Wildman–Crippen LogP) is 4.63. The summed E-state index contributed by atoms with van der Waals surface area (Å²) >= 11 is 0. The number of aryl methyl sites for hydroxylation is 2. The number of pyridine rings is 1. The lowest BCUT2D eigenvalue weighted by Crippen LogP contribution is -2.24. The molecule has 0 atom stereocenters. The van der Waals surface area contributed by atoms with Gasteiger partial charge in [-0.25, -0.2) is 9.37 Å². The van der Waals surface area contributed by atoms with Crippen molar-refractivity contribution in [2.45, 2.75) is 13.8 Å². The Morgan fingerprint density at radius 1 is 1.06 bits per heavy atom. The maximum Gasteiger partial charge on any atom is 0.257 e. The largest absolute Gasteiger partial charge is 0.483 e. The molecule has 0 aliphatic rings. The highest BCUT2D eigenvalue weighted by atomic mass is 19.1. The number of amides is 1. The minimum atomic E-state index is -0.370. The maximum absolute atomic E-state index is 14.1. The summed E-state index contributed by atoms with van der Waals surface area (Å²) in [6.45, 7) is 3.91. The van der Waals surface area contributed by atoms with Gasteiger partial charge in [-0.15, -0.1) is 0 Å². The molecule has 0 aliphatic carbocycles. The fraction of sp³-hybridized carbons (Fsp3) is 0.167. The summed E-state index contributed by atoms with van der Waals surface area (Å²) in [4.78, 5) is 16.4. The topological polar surface area (TPSA) is 67.7 Å². The van der Waals surface area contributed by atoms with Gasteiger partial charge in [0.15, 0.2) is 6.61 Å². The standard InChI is InChI=1S/C24H23FN4O2/c1-15-7-6-8-16(2)22(15)28-24-23(27-20-12-11-17(25)13-29(20)24)18-9-4-5-10-19(18)31-14-21(30)26-3/h4-13,28H,14H2,1-3H3,(H,26,30). The summed E-state index contributed by atoms with van der Waals surface area (Å²) in [6.07, 6.45) is 1.40. The van der Waals surface area contributed by atoms with Crippen LogP contribution < -0.4 is 15.4 Å². The number of ether oxygens (including phenoxy) is 1. The molecular formula is C24H23FN4O2. The number of fused-ring (bicyclic) bond motifs is 1. The minimum absolute atomic E-state index is 0.116. The van der Waals surface area contributed by atoms with E-state index in [2.05, 4.69) is 10.6 Å². The van der Waals surface area contributed by atoms with Gasteiger partial charge in [0.25, 0.3) is 5.91 Å². The predicted molar refractivity (Wildman–Crippen MR) is 119 cm³/mol. The fourth-order valence-corrected chi connectivity index (χ4v) is 3.46. The van der Waals surface area contributed by atoms with Crippen molar-refractivity contribution >= 4 is 23.1 Å². The Hall–Kier alpha value is -3.87. The molecule has 4 aromatic rings. The van der Waals surface area contributed by atoms with E-state index >= 15 is 0 Å². The lowest BCUT2D eigenvalue weighted by Gasteiger charge is -2.15. The zero-order chi connectivity index (χ0) is 22.0. The Labute approximate surface area is 179 Å². The van der Waals surface area contributed by atoms with E-state index in [1.807, 2.05) is 50.2 Å². The number of hydrogen-bond acceptors (Lipinski definition) is 4. The smallest absolute Gasteiger partial charge is 0.257 e. The summed E-state index contributed by atoms with van der Waals surface area (Å²) in [6, 6.07) is 16.4. The van der Waals surface area contributed by atoms with Crippen LogP contribution in [0.25, 0.3) is 16.9 Å². The van der Waals surface area contributed by atoms with Crippen molar-refractivity contribution in [3.05, 3.63) is 77.7 Å². The van der Waals surface area contributed by atoms with Gasteiger partial charge in [0.1, 0.15) is 28.7 Å². The van der Waals surface area contributed by atoms with Gasteiger partial charge in [-0.3, -0.25) is 9.20 Å². The highest BCUT2D eigenvalue weighted by Gasteiger charge is 2.19. The number of carbonyl (C=O) groups excluding carboxylic acids is 1. The van der Waals surface area contributed by atoms with E-state index in [0.29, 0.717) is 28.5 Å². The molecule has 7 heteroatoms. The second-order valence-electron chi connectivity index (χ2n) is 7.23. The van der Waals surface area contributed by atoms with Crippen LogP contribution in [0.1, 0.15) is 11.1 Å². The van der Waals surface area contributed by atoms with Gasteiger partial charge in [-0.05, 0) is 49.2 Å². The Morgan fingerprint density at radius 2 is 1.81 bits per heavy atom. The molecule has 0 saturated heterocycles. The normalized spacial score (nSPS) is 10.8. The summed E-state index contributed by atoms with van der Waals surface area (Å²) in [5, 5.41) is 6.00. The molecule has 0 aliphatic heterocycles. The molecule has 1 amide bonds. The Morgan fingerprint density at radius 3 is 2.55 bits per heavy atom. The van der Waals surface area contributed by atoms with Gasteiger partial charge in [0.05, 0.1) is 0 Å². The van der Waals surface area contributed by atoms with Gasteiger partial charge in [0, 0.05) is 24.5 Å². The second-order valence-corrected chi connectivity index (χ2v) is 7.23. The van der Waals surface area contributed by atoms with E-state index in [0.717, 1.165) is 16.8 Å². The zero-order valence-corrected chi connectivity index (χ0v) is 17.6. The average Bonchev–Trinajstić information content (AvgIpc) is 3.12. The number of anilines is 2. The summed E-state index contributed by atoms with van der Waals surface area (Å²) in [5.41, 5.74) is 4.93. The monoisotopic (exact) mass is 418 g/mol. The van der Waals surface area contributed by atoms with Gasteiger partial charge in [-0.2, -0.15) is 0 Å². The number of nitrogens with zero attached hydrogens (tertiary/aromatic N) is 2. The first-order chi connectivity index (χ1) is 15.0. The van der Waals surface area contributed by atoms with Crippen LogP contribution in [0.15, 0.2) is 60.8 Å². The molecule has 2 N–H and O–H groups in total. The van der Waals surface area contributed by atoms with E-state index in [4.69, 9.17) is 9.72 Å². The molecule has 31 heavy (non-hydrogen) atoms. The number of imidazole rings is 1. The van der Waals surface area contributed by atoms with Crippen molar-refractivity contribution in [2.24, 2.45) is 0 Å². The number of aromatic nitrogens is 2. The molecule has 0 saturated carbocycles. The molecule has 0 bridgehead atoms. The van der Waals surface area contributed by atoms with Crippen molar-refractivity contribution in [1.82, 2.24) is 14.7 Å². The number of halogens is 1. The molecule has 0 unspecified atom stereocenters. The lowest BCUT2D eigenvalue weighted by molar-refractivity contribution is -0.122. The van der Waals surface area contributed by atoms with Crippen LogP contribution in [0, 0.1) is 19.7 Å². The van der Waals surface area contributed by atoms with Crippen LogP contribution in [0.3, 0.4) is 0 Å². The second kappa shape index (κ2) is 8.47. The number of hydrogen-bond donors (Lipinski definition) is 2. The highest BCUT2D eigenvalue weighted by Crippen LogP contribution is 2.37. The number of carbonyl (C=O) groups is 1. The summed E-state index contributed by atoms with van der Waals surface area (Å²) in [7, 11) is 1.56. The minimum Gasteiger partial charge on any atom is -0.483 e. The molecule has 2 aromatic heterocycles. The Balaban J connectivity index is 1.88. The fourth-order valence-electron chi connectivity index (χ4n) is 3.46. The Bertz CT molecular complexity index is 1250. The van der Waals surface area contributed by atoms with E-state index in [1.165, 1.54) is 12.3 Å². The zero-order valence-electron chi connectivity index (χ0n) is 17.6. The maximum atomic E-state index is 14.1. The number of nitrogens with one attached hydrogen (secondary N) is 2. The summed E-state index contributed by atoms with van der Waals surface area (Å²) in [5.74, 6) is 0.522. The van der Waals surface area contributed by atoms with Crippen molar-refractivity contribution in [2.75, 3.05) is 19.0 Å². The number of benzene rings is 2. The van der Waals surface area contributed by atoms with Crippen LogP contribution in [-0.4, -0.2) is 28.9 Å². The van der Waals surface area contributed by atoms with Crippen molar-refractivity contribution in [3.8, 4) is 17.0 Å². The van der Waals surface area contributed by atoms with Gasteiger partial charge < -0.3 is 15.4 Å². The molecule has 0 radical (unpaired) electrons. The average molecular weight is 418 g/mol. The van der Waals surface area contributed by atoms with Crippen LogP contribution in [0.4, 0.5) is 15.9 Å². The van der Waals surface area contributed by atoms with Gasteiger partial charge >= 0.3 is 0 Å². The van der Waals surface area contributed by atoms with E-state index in [1.54, 1.807) is 23.6 Å². The molecule has 2 aromatic carbocycles. The summed E-state index contributed by atoms with van der Waals surface area (Å²) < 4.78 is 21.5. The first kappa shape index (κ1) is 20.4. The lowest BCUT2D eigenvalue weighted by atomic mass is 10.1. The molecular weight excluding hydrogens is 395 g/mol. The quantitative estimate of drug-likeness (QED) is 0.479. The molecule has 6 nitrogen and oxygen atoms in total. The molecule has 0 fully saturated rings. The van der Waals surface area contributed by atoms with Crippen molar-refractivity contribution in [3.63, 3.8) is 0 Å². The molecule has 2 heterocycles. The molecule has 4 rings (SSSR count).